The SMILES string of the molecule is CC1(C)CC(N=C=O)(c2ccccc2C(F)(F)F)C1. The molecule has 2 nitrogen and oxygen atoms in total. The third-order valence-corrected chi connectivity index (χ3v) is 3.54. The zero-order valence-corrected chi connectivity index (χ0v) is 10.7. The Balaban J connectivity index is 2.54. The largest absolute Gasteiger partial charge is 0.416 e. The van der Waals surface area contributed by atoms with Crippen LogP contribution in [0.2, 0.25) is 0 Å². The van der Waals surface area contributed by atoms with E-state index in [1.54, 1.807) is 0 Å². The second-order valence-corrected chi connectivity index (χ2v) is 5.80. The lowest BCUT2D eigenvalue weighted by Gasteiger charge is -2.50. The number of alkyl halides is 3. The Bertz CT molecular complexity index is 534. The van der Waals surface area contributed by atoms with Crippen LogP contribution in [0.25, 0.3) is 0 Å². The van der Waals surface area contributed by atoms with Gasteiger partial charge in [-0.05, 0) is 29.9 Å². The molecule has 1 aromatic rings. The molecule has 0 heterocycles. The highest BCUT2D eigenvalue weighted by Gasteiger charge is 2.53. The quantitative estimate of drug-likeness (QED) is 0.588. The number of benzene rings is 1. The second kappa shape index (κ2) is 4.20. The average molecular weight is 269 g/mol. The van der Waals surface area contributed by atoms with Crippen molar-refractivity contribution in [1.29, 1.82) is 0 Å². The smallest absolute Gasteiger partial charge is 0.211 e. The third kappa shape index (κ3) is 2.43. The molecule has 1 aliphatic rings. The first kappa shape index (κ1) is 13.8. The van der Waals surface area contributed by atoms with Gasteiger partial charge in [0.2, 0.25) is 6.08 Å². The minimum atomic E-state index is -4.44. The van der Waals surface area contributed by atoms with Crippen LogP contribution in [0.1, 0.15) is 37.8 Å². The minimum absolute atomic E-state index is 0.0742. The molecule has 0 bridgehead atoms. The summed E-state index contributed by atoms with van der Waals surface area (Å²) >= 11 is 0. The predicted octanol–water partition coefficient (Wildman–Crippen LogP) is 4.06. The monoisotopic (exact) mass is 269 g/mol. The number of carbonyl (C=O) groups excluding carboxylic acids is 1. The van der Waals surface area contributed by atoms with E-state index >= 15 is 0 Å². The number of nitrogens with zero attached hydrogens (tertiary/aromatic N) is 1. The van der Waals surface area contributed by atoms with Gasteiger partial charge in [0.15, 0.2) is 0 Å². The number of hydrogen-bond acceptors (Lipinski definition) is 2. The number of aliphatic imine (C=N–C) groups is 1. The van der Waals surface area contributed by atoms with E-state index in [-0.39, 0.29) is 11.0 Å². The Morgan fingerprint density at radius 2 is 1.79 bits per heavy atom. The summed E-state index contributed by atoms with van der Waals surface area (Å²) in [5.74, 6) is 0. The summed E-state index contributed by atoms with van der Waals surface area (Å²) in [6, 6.07) is 5.31. The van der Waals surface area contributed by atoms with Crippen LogP contribution in [0, 0.1) is 5.41 Å². The fourth-order valence-corrected chi connectivity index (χ4v) is 3.08. The molecule has 5 heteroatoms. The van der Waals surface area contributed by atoms with Crippen LogP contribution in [-0.2, 0) is 16.5 Å². The fourth-order valence-electron chi connectivity index (χ4n) is 3.08. The van der Waals surface area contributed by atoms with Crippen molar-refractivity contribution in [3.63, 3.8) is 0 Å². The summed E-state index contributed by atoms with van der Waals surface area (Å²) in [6.45, 7) is 3.89. The molecule has 2 rings (SSSR count). The van der Waals surface area contributed by atoms with Gasteiger partial charge in [0.25, 0.3) is 0 Å². The summed E-state index contributed by atoms with van der Waals surface area (Å²) in [7, 11) is 0. The minimum Gasteiger partial charge on any atom is -0.211 e. The van der Waals surface area contributed by atoms with Crippen LogP contribution in [0.3, 0.4) is 0 Å². The van der Waals surface area contributed by atoms with Gasteiger partial charge >= 0.3 is 6.18 Å². The van der Waals surface area contributed by atoms with Crippen molar-refractivity contribution in [1.82, 2.24) is 0 Å². The second-order valence-electron chi connectivity index (χ2n) is 5.80. The summed E-state index contributed by atoms with van der Waals surface area (Å²) in [5.41, 5.74) is -1.83. The number of halogens is 3. The van der Waals surface area contributed by atoms with Crippen molar-refractivity contribution >= 4 is 6.08 Å². The predicted molar refractivity (Wildman–Crippen MR) is 64.3 cm³/mol. The van der Waals surface area contributed by atoms with Crippen LogP contribution in [0.5, 0.6) is 0 Å². The highest BCUT2D eigenvalue weighted by Crippen LogP contribution is 2.57. The highest BCUT2D eigenvalue weighted by atomic mass is 19.4. The molecule has 0 aliphatic heterocycles. The molecule has 0 amide bonds. The molecule has 0 atom stereocenters. The summed E-state index contributed by atoms with van der Waals surface area (Å²) < 4.78 is 39.1. The standard InChI is InChI=1S/C14H14F3NO/c1-12(2)7-13(8-12,18-9-19)10-5-3-4-6-11(10)14(15,16)17/h3-6H,7-8H2,1-2H3. The van der Waals surface area contributed by atoms with Gasteiger partial charge in [0.05, 0.1) is 11.1 Å². The van der Waals surface area contributed by atoms with E-state index in [1.165, 1.54) is 24.3 Å². The van der Waals surface area contributed by atoms with Gasteiger partial charge in [-0.2, -0.15) is 18.2 Å². The molecule has 19 heavy (non-hydrogen) atoms. The van der Waals surface area contributed by atoms with Crippen molar-refractivity contribution in [3.8, 4) is 0 Å². The highest BCUT2D eigenvalue weighted by molar-refractivity contribution is 5.44. The number of rotatable bonds is 2. The molecule has 1 saturated carbocycles. The molecule has 1 aromatic carbocycles. The molecule has 102 valence electrons. The third-order valence-electron chi connectivity index (χ3n) is 3.54. The Kier molecular flexibility index (Phi) is 3.06. The van der Waals surface area contributed by atoms with Gasteiger partial charge in [-0.1, -0.05) is 32.0 Å². The molecular weight excluding hydrogens is 255 g/mol. The Morgan fingerprint density at radius 1 is 1.21 bits per heavy atom. The molecule has 1 aliphatic carbocycles. The molecule has 1 fully saturated rings. The maximum Gasteiger partial charge on any atom is 0.416 e. The van der Waals surface area contributed by atoms with Crippen molar-refractivity contribution in [2.24, 2.45) is 10.4 Å². The molecular formula is C14H14F3NO. The first-order chi connectivity index (χ1) is 8.70. The lowest BCUT2D eigenvalue weighted by atomic mass is 9.56. The van der Waals surface area contributed by atoms with Gasteiger partial charge < -0.3 is 0 Å². The van der Waals surface area contributed by atoms with E-state index in [4.69, 9.17) is 0 Å². The van der Waals surface area contributed by atoms with Crippen molar-refractivity contribution in [2.75, 3.05) is 0 Å². The van der Waals surface area contributed by atoms with Gasteiger partial charge in [-0.15, -0.1) is 0 Å². The Labute approximate surface area is 109 Å². The number of hydrogen-bond donors (Lipinski definition) is 0. The van der Waals surface area contributed by atoms with E-state index in [9.17, 15) is 18.0 Å². The lowest BCUT2D eigenvalue weighted by molar-refractivity contribution is -0.139. The van der Waals surface area contributed by atoms with Gasteiger partial charge in [-0.3, -0.25) is 0 Å². The topological polar surface area (TPSA) is 29.4 Å². The van der Waals surface area contributed by atoms with Crippen molar-refractivity contribution in [2.45, 2.75) is 38.4 Å². The summed E-state index contributed by atoms with van der Waals surface area (Å²) in [6.07, 6.45) is -2.17. The molecule has 0 N–H and O–H groups in total. The van der Waals surface area contributed by atoms with E-state index in [0.717, 1.165) is 6.07 Å². The molecule has 0 aromatic heterocycles. The molecule has 0 saturated heterocycles. The van der Waals surface area contributed by atoms with Gasteiger partial charge in [0.1, 0.15) is 0 Å². The van der Waals surface area contributed by atoms with E-state index in [1.807, 2.05) is 13.8 Å². The Hall–Kier alpha value is -1.61. The van der Waals surface area contributed by atoms with E-state index in [0.29, 0.717) is 12.8 Å². The maximum atomic E-state index is 13.0. The zero-order valence-electron chi connectivity index (χ0n) is 10.7. The van der Waals surface area contributed by atoms with Crippen molar-refractivity contribution < 1.29 is 18.0 Å². The summed E-state index contributed by atoms with van der Waals surface area (Å²) in [4.78, 5) is 14.3. The van der Waals surface area contributed by atoms with Crippen LogP contribution in [0.15, 0.2) is 29.3 Å². The summed E-state index contributed by atoms with van der Waals surface area (Å²) in [5, 5.41) is 0. The van der Waals surface area contributed by atoms with Crippen LogP contribution >= 0.6 is 0 Å². The lowest BCUT2D eigenvalue weighted by Crippen LogP contribution is -2.46. The van der Waals surface area contributed by atoms with Crippen LogP contribution < -0.4 is 0 Å². The molecule has 0 unspecified atom stereocenters. The first-order valence-electron chi connectivity index (χ1n) is 5.96. The molecule has 0 radical (unpaired) electrons. The first-order valence-corrected chi connectivity index (χ1v) is 5.96. The van der Waals surface area contributed by atoms with Crippen molar-refractivity contribution in [3.05, 3.63) is 35.4 Å². The fraction of sp³-hybridized carbons (Fsp3) is 0.500. The van der Waals surface area contributed by atoms with Gasteiger partial charge in [-0.25, -0.2) is 4.79 Å². The Morgan fingerprint density at radius 3 is 2.26 bits per heavy atom. The van der Waals surface area contributed by atoms with Crippen LogP contribution in [-0.4, -0.2) is 6.08 Å². The molecule has 0 spiro atoms. The van der Waals surface area contributed by atoms with Crippen LogP contribution in [0.4, 0.5) is 13.2 Å². The zero-order chi connectivity index (χ0) is 14.3. The van der Waals surface area contributed by atoms with Gasteiger partial charge in [0, 0.05) is 0 Å². The normalized spacial score (nSPS) is 20.3. The average Bonchev–Trinajstić information content (AvgIpc) is 2.25. The van der Waals surface area contributed by atoms with E-state index < -0.39 is 17.3 Å². The van der Waals surface area contributed by atoms with E-state index in [2.05, 4.69) is 4.99 Å². The number of isocyanates is 1. The maximum absolute atomic E-state index is 13.0.